The number of carbonyl (C=O) groups is 1. The molecule has 1 N–H and O–H groups in total. The monoisotopic (exact) mass is 371 g/mol. The van der Waals surface area contributed by atoms with E-state index >= 15 is 0 Å². The van der Waals surface area contributed by atoms with Gasteiger partial charge in [-0.15, -0.1) is 0 Å². The number of aromatic amines is 1. The summed E-state index contributed by atoms with van der Waals surface area (Å²) in [5, 5.41) is 0. The third-order valence-corrected chi connectivity index (χ3v) is 4.98. The highest BCUT2D eigenvalue weighted by molar-refractivity contribution is 5.93. The predicted molar refractivity (Wildman–Crippen MR) is 103 cm³/mol. The summed E-state index contributed by atoms with van der Waals surface area (Å²) in [5.74, 6) is -0.240. The number of pyridine rings is 1. The lowest BCUT2D eigenvalue weighted by molar-refractivity contribution is 0.0759. The molecule has 3 rings (SSSR count). The number of nitrogens with zero attached hydrogens (tertiary/aromatic N) is 2. The van der Waals surface area contributed by atoms with Crippen LogP contribution in [0.15, 0.2) is 41.2 Å². The summed E-state index contributed by atoms with van der Waals surface area (Å²) < 4.78 is 13.0. The lowest BCUT2D eigenvalue weighted by atomic mass is 10.1. The van der Waals surface area contributed by atoms with Gasteiger partial charge in [0.1, 0.15) is 11.4 Å². The number of amides is 1. The van der Waals surface area contributed by atoms with E-state index in [4.69, 9.17) is 0 Å². The van der Waals surface area contributed by atoms with Crippen molar-refractivity contribution in [1.29, 1.82) is 0 Å². The molecule has 2 aromatic rings. The summed E-state index contributed by atoms with van der Waals surface area (Å²) in [6, 6.07) is 9.97. The SMILES string of the molecule is CC(C)c1ccc(C(=O)N2CCCN(Cc3ccc(F)cc3)CC2)c(=O)[nH]1. The maximum Gasteiger partial charge on any atom is 0.261 e. The Bertz CT molecular complexity index is 845. The van der Waals surface area contributed by atoms with Crippen LogP contribution in [0.3, 0.4) is 0 Å². The summed E-state index contributed by atoms with van der Waals surface area (Å²) in [6.45, 7) is 7.52. The van der Waals surface area contributed by atoms with Crippen LogP contribution < -0.4 is 5.56 Å². The minimum Gasteiger partial charge on any atom is -0.337 e. The molecule has 144 valence electrons. The first-order valence-electron chi connectivity index (χ1n) is 9.43. The smallest absolute Gasteiger partial charge is 0.261 e. The normalized spacial score (nSPS) is 15.8. The van der Waals surface area contributed by atoms with Gasteiger partial charge in [0.25, 0.3) is 11.5 Å². The summed E-state index contributed by atoms with van der Waals surface area (Å²) in [6.07, 6.45) is 0.842. The molecule has 6 heteroatoms. The fraction of sp³-hybridized carbons (Fsp3) is 0.429. The van der Waals surface area contributed by atoms with Crippen molar-refractivity contribution in [2.75, 3.05) is 26.2 Å². The van der Waals surface area contributed by atoms with E-state index in [9.17, 15) is 14.0 Å². The Morgan fingerprint density at radius 2 is 1.81 bits per heavy atom. The molecule has 27 heavy (non-hydrogen) atoms. The Kier molecular flexibility index (Phi) is 6.06. The Labute approximate surface area is 158 Å². The second-order valence-electron chi connectivity index (χ2n) is 7.36. The zero-order valence-corrected chi connectivity index (χ0v) is 15.9. The van der Waals surface area contributed by atoms with Crippen LogP contribution in [-0.4, -0.2) is 46.9 Å². The van der Waals surface area contributed by atoms with Gasteiger partial charge >= 0.3 is 0 Å². The molecule has 1 saturated heterocycles. The molecule has 1 aromatic carbocycles. The first-order chi connectivity index (χ1) is 12.9. The van der Waals surface area contributed by atoms with Gasteiger partial charge in [0, 0.05) is 38.4 Å². The van der Waals surface area contributed by atoms with Gasteiger partial charge in [-0.25, -0.2) is 4.39 Å². The average molecular weight is 371 g/mol. The number of H-pyrrole nitrogens is 1. The number of hydrogen-bond acceptors (Lipinski definition) is 3. The Morgan fingerprint density at radius 1 is 1.07 bits per heavy atom. The fourth-order valence-electron chi connectivity index (χ4n) is 3.34. The number of nitrogens with one attached hydrogen (secondary N) is 1. The number of halogens is 1. The molecular formula is C21H26FN3O2. The molecule has 0 radical (unpaired) electrons. The largest absolute Gasteiger partial charge is 0.337 e. The highest BCUT2D eigenvalue weighted by Crippen LogP contribution is 2.13. The quantitative estimate of drug-likeness (QED) is 0.899. The van der Waals surface area contributed by atoms with E-state index in [1.54, 1.807) is 23.1 Å². The lowest BCUT2D eigenvalue weighted by Crippen LogP contribution is -2.37. The summed E-state index contributed by atoms with van der Waals surface area (Å²) in [5.41, 5.74) is 1.76. The first-order valence-corrected chi connectivity index (χ1v) is 9.43. The van der Waals surface area contributed by atoms with Crippen LogP contribution >= 0.6 is 0 Å². The van der Waals surface area contributed by atoms with E-state index in [-0.39, 0.29) is 28.8 Å². The zero-order valence-electron chi connectivity index (χ0n) is 15.9. The summed E-state index contributed by atoms with van der Waals surface area (Å²) >= 11 is 0. The molecule has 1 aliphatic heterocycles. The topological polar surface area (TPSA) is 56.4 Å². The number of hydrogen-bond donors (Lipinski definition) is 1. The van der Waals surface area contributed by atoms with Crippen molar-refractivity contribution in [3.63, 3.8) is 0 Å². The van der Waals surface area contributed by atoms with Crippen molar-refractivity contribution in [3.05, 3.63) is 69.4 Å². The van der Waals surface area contributed by atoms with Crippen LogP contribution in [0.2, 0.25) is 0 Å². The van der Waals surface area contributed by atoms with Crippen molar-refractivity contribution in [1.82, 2.24) is 14.8 Å². The van der Waals surface area contributed by atoms with Gasteiger partial charge in [-0.05, 0) is 42.2 Å². The molecule has 2 heterocycles. The van der Waals surface area contributed by atoms with Crippen molar-refractivity contribution < 1.29 is 9.18 Å². The maximum atomic E-state index is 13.0. The Morgan fingerprint density at radius 3 is 2.48 bits per heavy atom. The number of aromatic nitrogens is 1. The molecule has 0 bridgehead atoms. The maximum absolute atomic E-state index is 13.0. The molecule has 1 amide bonds. The molecule has 0 atom stereocenters. The van der Waals surface area contributed by atoms with Crippen LogP contribution in [0.4, 0.5) is 4.39 Å². The molecule has 0 unspecified atom stereocenters. The molecule has 1 fully saturated rings. The van der Waals surface area contributed by atoms with E-state index in [2.05, 4.69) is 9.88 Å². The number of benzene rings is 1. The van der Waals surface area contributed by atoms with E-state index in [1.165, 1.54) is 12.1 Å². The van der Waals surface area contributed by atoms with Gasteiger partial charge in [0.2, 0.25) is 0 Å². The van der Waals surface area contributed by atoms with Gasteiger partial charge in [-0.1, -0.05) is 26.0 Å². The highest BCUT2D eigenvalue weighted by Gasteiger charge is 2.22. The Hall–Kier alpha value is -2.47. The second-order valence-corrected chi connectivity index (χ2v) is 7.36. The van der Waals surface area contributed by atoms with E-state index < -0.39 is 0 Å². The minimum absolute atomic E-state index is 0.200. The number of rotatable bonds is 4. The highest BCUT2D eigenvalue weighted by atomic mass is 19.1. The van der Waals surface area contributed by atoms with Gasteiger partial charge in [-0.3, -0.25) is 14.5 Å². The van der Waals surface area contributed by atoms with Gasteiger partial charge in [-0.2, -0.15) is 0 Å². The first kappa shape index (κ1) is 19.3. The van der Waals surface area contributed by atoms with Crippen LogP contribution in [0, 0.1) is 5.82 Å². The van der Waals surface area contributed by atoms with Crippen molar-refractivity contribution in [3.8, 4) is 0 Å². The minimum atomic E-state index is -0.321. The predicted octanol–water partition coefficient (Wildman–Crippen LogP) is 2.99. The third kappa shape index (κ3) is 4.83. The van der Waals surface area contributed by atoms with Crippen molar-refractivity contribution in [2.24, 2.45) is 0 Å². The molecule has 1 aromatic heterocycles. The molecular weight excluding hydrogens is 345 g/mol. The third-order valence-electron chi connectivity index (χ3n) is 4.98. The van der Waals surface area contributed by atoms with Crippen LogP contribution in [0.1, 0.15) is 47.8 Å². The van der Waals surface area contributed by atoms with Crippen LogP contribution in [-0.2, 0) is 6.54 Å². The standard InChI is InChI=1S/C21H26FN3O2/c1-15(2)19-9-8-18(20(26)23-19)21(27)25-11-3-10-24(12-13-25)14-16-4-6-17(22)7-5-16/h4-9,15H,3,10-14H2,1-2H3,(H,23,26). The second kappa shape index (κ2) is 8.48. The van der Waals surface area contributed by atoms with Crippen molar-refractivity contribution >= 4 is 5.91 Å². The van der Waals surface area contributed by atoms with Gasteiger partial charge < -0.3 is 9.88 Å². The Balaban J connectivity index is 1.64. The number of carbonyl (C=O) groups excluding carboxylic acids is 1. The average Bonchev–Trinajstić information content (AvgIpc) is 2.88. The van der Waals surface area contributed by atoms with E-state index in [0.29, 0.717) is 13.1 Å². The molecule has 5 nitrogen and oxygen atoms in total. The molecule has 1 aliphatic rings. The van der Waals surface area contributed by atoms with Crippen LogP contribution in [0.25, 0.3) is 0 Å². The summed E-state index contributed by atoms with van der Waals surface area (Å²) in [7, 11) is 0. The van der Waals surface area contributed by atoms with Crippen molar-refractivity contribution in [2.45, 2.75) is 32.7 Å². The summed E-state index contributed by atoms with van der Waals surface area (Å²) in [4.78, 5) is 31.9. The van der Waals surface area contributed by atoms with Gasteiger partial charge in [0.05, 0.1) is 0 Å². The van der Waals surface area contributed by atoms with E-state index in [0.717, 1.165) is 37.3 Å². The fourth-order valence-corrected chi connectivity index (χ4v) is 3.34. The molecule has 0 spiro atoms. The van der Waals surface area contributed by atoms with E-state index in [1.807, 2.05) is 19.9 Å². The van der Waals surface area contributed by atoms with Gasteiger partial charge in [0.15, 0.2) is 0 Å². The zero-order chi connectivity index (χ0) is 19.4. The molecule has 0 saturated carbocycles. The lowest BCUT2D eigenvalue weighted by Gasteiger charge is -2.22. The molecule has 0 aliphatic carbocycles. The van der Waals surface area contributed by atoms with Crippen LogP contribution in [0.5, 0.6) is 0 Å².